The van der Waals surface area contributed by atoms with Gasteiger partial charge < -0.3 is 0 Å². The van der Waals surface area contributed by atoms with Crippen molar-refractivity contribution in [3.05, 3.63) is 83.1 Å². The molecule has 1 N–H and O–H groups in total. The molecule has 3 aromatic rings. The molecule has 0 saturated heterocycles. The van der Waals surface area contributed by atoms with Crippen LogP contribution >= 0.6 is 11.3 Å². The van der Waals surface area contributed by atoms with Crippen LogP contribution in [0.3, 0.4) is 0 Å². The summed E-state index contributed by atoms with van der Waals surface area (Å²) >= 11 is 1.58. The van der Waals surface area contributed by atoms with Crippen LogP contribution in [-0.2, 0) is 0 Å². The second-order valence-electron chi connectivity index (χ2n) is 4.43. The first kappa shape index (κ1) is 14.2. The lowest BCUT2D eigenvalue weighted by atomic mass is 10.3. The summed E-state index contributed by atoms with van der Waals surface area (Å²) in [6, 6.07) is 23.3. The van der Waals surface area contributed by atoms with Crippen molar-refractivity contribution in [2.75, 3.05) is 5.43 Å². The summed E-state index contributed by atoms with van der Waals surface area (Å²) in [4.78, 5) is 0.961. The smallest absolute Gasteiger partial charge is 0.211 e. The van der Waals surface area contributed by atoms with Gasteiger partial charge in [-0.25, -0.2) is 0 Å². The Morgan fingerprint density at radius 2 is 1.55 bits per heavy atom. The molecule has 5 heteroatoms. The highest BCUT2D eigenvalue weighted by atomic mass is 32.1. The van der Waals surface area contributed by atoms with Crippen molar-refractivity contribution in [2.24, 2.45) is 15.3 Å². The standard InChI is InChI=1S/C17H14N4S/c1-3-8-14(9-4-1)18-20-17(16-12-7-13-22-16)21-19-15-10-5-2-6-11-15/h1-13,18H. The maximum Gasteiger partial charge on any atom is 0.211 e. The summed E-state index contributed by atoms with van der Waals surface area (Å²) in [6.45, 7) is 0. The summed E-state index contributed by atoms with van der Waals surface area (Å²) in [6.07, 6.45) is 0. The van der Waals surface area contributed by atoms with Crippen LogP contribution in [0.5, 0.6) is 0 Å². The lowest BCUT2D eigenvalue weighted by molar-refractivity contribution is 1.23. The van der Waals surface area contributed by atoms with Gasteiger partial charge in [-0.3, -0.25) is 5.43 Å². The van der Waals surface area contributed by atoms with E-state index in [9.17, 15) is 0 Å². The largest absolute Gasteiger partial charge is 0.276 e. The van der Waals surface area contributed by atoms with E-state index in [0.29, 0.717) is 5.84 Å². The molecule has 3 rings (SSSR count). The first-order chi connectivity index (χ1) is 10.9. The lowest BCUT2D eigenvalue weighted by Crippen LogP contribution is -1.98. The number of anilines is 1. The number of thiophene rings is 1. The fourth-order valence-electron chi connectivity index (χ4n) is 1.76. The molecule has 1 heterocycles. The minimum atomic E-state index is 0.558. The van der Waals surface area contributed by atoms with Gasteiger partial charge in [-0.1, -0.05) is 42.5 Å². The van der Waals surface area contributed by atoms with E-state index in [-0.39, 0.29) is 0 Å². The van der Waals surface area contributed by atoms with Gasteiger partial charge in [-0.2, -0.15) is 5.10 Å². The van der Waals surface area contributed by atoms with Gasteiger partial charge in [0.25, 0.3) is 0 Å². The molecule has 0 spiro atoms. The summed E-state index contributed by atoms with van der Waals surface area (Å²) in [5.74, 6) is 0.558. The molecule has 0 radical (unpaired) electrons. The number of amidine groups is 1. The first-order valence-corrected chi connectivity index (χ1v) is 7.69. The molecule has 0 saturated carbocycles. The molecule has 0 unspecified atom stereocenters. The van der Waals surface area contributed by atoms with E-state index in [1.165, 1.54) is 0 Å². The Morgan fingerprint density at radius 1 is 0.818 bits per heavy atom. The second kappa shape index (κ2) is 7.28. The predicted molar refractivity (Wildman–Crippen MR) is 91.9 cm³/mol. The number of hydrazone groups is 1. The maximum atomic E-state index is 4.37. The lowest BCUT2D eigenvalue weighted by Gasteiger charge is -2.01. The van der Waals surface area contributed by atoms with Crippen LogP contribution in [0.1, 0.15) is 4.88 Å². The zero-order valence-corrected chi connectivity index (χ0v) is 12.6. The third-order valence-electron chi connectivity index (χ3n) is 2.82. The fourth-order valence-corrected chi connectivity index (χ4v) is 2.42. The van der Waals surface area contributed by atoms with Crippen LogP contribution in [0.25, 0.3) is 0 Å². The van der Waals surface area contributed by atoms with Crippen molar-refractivity contribution >= 4 is 28.5 Å². The van der Waals surface area contributed by atoms with Crippen molar-refractivity contribution in [1.29, 1.82) is 0 Å². The monoisotopic (exact) mass is 306 g/mol. The van der Waals surface area contributed by atoms with Crippen molar-refractivity contribution < 1.29 is 0 Å². The van der Waals surface area contributed by atoms with Crippen molar-refractivity contribution in [2.45, 2.75) is 0 Å². The van der Waals surface area contributed by atoms with Crippen LogP contribution in [0.4, 0.5) is 11.4 Å². The molecule has 0 aliphatic rings. The Bertz CT molecular complexity index is 750. The summed E-state index contributed by atoms with van der Waals surface area (Å²) in [5.41, 5.74) is 4.72. The van der Waals surface area contributed by atoms with Gasteiger partial charge in [0.15, 0.2) is 0 Å². The third kappa shape index (κ3) is 3.86. The minimum absolute atomic E-state index is 0.558. The van der Waals surface area contributed by atoms with Gasteiger partial charge in [0, 0.05) is 0 Å². The van der Waals surface area contributed by atoms with Crippen molar-refractivity contribution in [3.8, 4) is 0 Å². The highest BCUT2D eigenvalue weighted by Crippen LogP contribution is 2.16. The molecule has 0 atom stereocenters. The van der Waals surface area contributed by atoms with Gasteiger partial charge in [0.2, 0.25) is 5.84 Å². The molecule has 0 fully saturated rings. The molecule has 2 aromatic carbocycles. The number of nitrogens with zero attached hydrogens (tertiary/aromatic N) is 3. The predicted octanol–water partition coefficient (Wildman–Crippen LogP) is 5.31. The fraction of sp³-hybridized carbons (Fsp3) is 0. The van der Waals surface area contributed by atoms with Crippen LogP contribution in [0.15, 0.2) is 93.5 Å². The van der Waals surface area contributed by atoms with Gasteiger partial charge >= 0.3 is 0 Å². The number of rotatable bonds is 4. The molecule has 22 heavy (non-hydrogen) atoms. The number of azo groups is 1. The van der Waals surface area contributed by atoms with E-state index in [2.05, 4.69) is 20.8 Å². The summed E-state index contributed by atoms with van der Waals surface area (Å²) in [7, 11) is 0. The zero-order valence-electron chi connectivity index (χ0n) is 11.8. The Hall–Kier alpha value is -2.79. The normalized spacial score (nSPS) is 11.7. The highest BCUT2D eigenvalue weighted by Gasteiger charge is 2.04. The topological polar surface area (TPSA) is 49.1 Å². The molecule has 0 amide bonds. The van der Waals surface area contributed by atoms with Gasteiger partial charge in [-0.05, 0) is 35.7 Å². The van der Waals surface area contributed by atoms with Crippen LogP contribution < -0.4 is 5.43 Å². The molecule has 4 nitrogen and oxygen atoms in total. The molecular formula is C17H14N4S. The Balaban J connectivity index is 1.83. The number of hydrogen-bond acceptors (Lipinski definition) is 4. The van der Waals surface area contributed by atoms with E-state index >= 15 is 0 Å². The Morgan fingerprint density at radius 3 is 2.23 bits per heavy atom. The summed E-state index contributed by atoms with van der Waals surface area (Å²) < 4.78 is 0. The van der Waals surface area contributed by atoms with Gasteiger partial charge in [0.1, 0.15) is 0 Å². The van der Waals surface area contributed by atoms with E-state index in [1.807, 2.05) is 78.2 Å². The van der Waals surface area contributed by atoms with E-state index in [0.717, 1.165) is 16.3 Å². The Kier molecular flexibility index (Phi) is 4.69. The number of hydrogen-bond donors (Lipinski definition) is 1. The second-order valence-corrected chi connectivity index (χ2v) is 5.37. The Labute approximate surface area is 132 Å². The molecule has 0 aliphatic heterocycles. The van der Waals surface area contributed by atoms with Gasteiger partial charge in [-0.15, -0.1) is 21.6 Å². The van der Waals surface area contributed by atoms with E-state index in [4.69, 9.17) is 0 Å². The van der Waals surface area contributed by atoms with Gasteiger partial charge in [0.05, 0.1) is 16.3 Å². The van der Waals surface area contributed by atoms with E-state index in [1.54, 1.807) is 11.3 Å². The summed E-state index contributed by atoms with van der Waals surface area (Å²) in [5, 5.41) is 14.9. The molecule has 0 aliphatic carbocycles. The van der Waals surface area contributed by atoms with E-state index < -0.39 is 0 Å². The molecular weight excluding hydrogens is 292 g/mol. The third-order valence-corrected chi connectivity index (χ3v) is 3.69. The quantitative estimate of drug-likeness (QED) is 0.302. The van der Waals surface area contributed by atoms with Crippen LogP contribution in [-0.4, -0.2) is 5.84 Å². The molecule has 108 valence electrons. The minimum Gasteiger partial charge on any atom is -0.276 e. The first-order valence-electron chi connectivity index (χ1n) is 6.81. The number of benzene rings is 2. The zero-order chi connectivity index (χ0) is 15.0. The van der Waals surface area contributed by atoms with Crippen molar-refractivity contribution in [3.63, 3.8) is 0 Å². The van der Waals surface area contributed by atoms with Crippen LogP contribution in [0, 0.1) is 0 Å². The number of para-hydroxylation sites is 1. The number of nitrogens with one attached hydrogen (secondary N) is 1. The van der Waals surface area contributed by atoms with Crippen molar-refractivity contribution in [1.82, 2.24) is 0 Å². The van der Waals surface area contributed by atoms with Crippen LogP contribution in [0.2, 0.25) is 0 Å². The highest BCUT2D eigenvalue weighted by molar-refractivity contribution is 7.12. The SMILES string of the molecule is c1ccc(N=NC(=NNc2ccccc2)c2cccs2)cc1. The molecule has 1 aromatic heterocycles. The average Bonchev–Trinajstić information content (AvgIpc) is 3.11. The maximum absolute atomic E-state index is 4.37. The average molecular weight is 306 g/mol. The molecule has 0 bridgehead atoms.